The van der Waals surface area contributed by atoms with Gasteiger partial charge in [-0.3, -0.25) is 4.79 Å². The van der Waals surface area contributed by atoms with Crippen molar-refractivity contribution in [2.75, 3.05) is 0 Å². The maximum atomic E-state index is 10.9. The highest BCUT2D eigenvalue weighted by Crippen LogP contribution is 2.17. The SMILES string of the molecule is CC(=O)NC(CC(O)O)c1ccccc1. The van der Waals surface area contributed by atoms with Gasteiger partial charge in [-0.25, -0.2) is 0 Å². The van der Waals surface area contributed by atoms with E-state index in [1.807, 2.05) is 30.3 Å². The van der Waals surface area contributed by atoms with Gasteiger partial charge in [0.15, 0.2) is 6.29 Å². The van der Waals surface area contributed by atoms with Gasteiger partial charge in [-0.15, -0.1) is 0 Å². The molecule has 0 heterocycles. The van der Waals surface area contributed by atoms with E-state index in [9.17, 15) is 4.79 Å². The first-order valence-corrected chi connectivity index (χ1v) is 4.78. The highest BCUT2D eigenvalue weighted by molar-refractivity contribution is 5.73. The van der Waals surface area contributed by atoms with Crippen molar-refractivity contribution in [1.82, 2.24) is 5.32 Å². The lowest BCUT2D eigenvalue weighted by Gasteiger charge is -2.19. The van der Waals surface area contributed by atoms with Crippen molar-refractivity contribution in [3.63, 3.8) is 0 Å². The molecule has 1 aromatic rings. The molecule has 1 atom stereocenters. The van der Waals surface area contributed by atoms with E-state index in [2.05, 4.69) is 5.32 Å². The number of nitrogens with one attached hydrogen (secondary N) is 1. The fraction of sp³-hybridized carbons (Fsp3) is 0.364. The standard InChI is InChI=1S/C11H15NO3/c1-8(13)12-10(7-11(14)15)9-5-3-2-4-6-9/h2-6,10-11,14-15H,7H2,1H3,(H,12,13). The van der Waals surface area contributed by atoms with Crippen molar-refractivity contribution in [3.8, 4) is 0 Å². The Morgan fingerprint density at radius 2 is 1.93 bits per heavy atom. The van der Waals surface area contributed by atoms with Crippen LogP contribution in [0.1, 0.15) is 24.9 Å². The first-order valence-electron chi connectivity index (χ1n) is 4.78. The summed E-state index contributed by atoms with van der Waals surface area (Å²) in [6.45, 7) is 1.40. The average Bonchev–Trinajstić information content (AvgIpc) is 2.17. The molecule has 0 aromatic heterocycles. The normalized spacial score (nSPS) is 12.5. The second kappa shape index (κ2) is 5.48. The molecular weight excluding hydrogens is 194 g/mol. The van der Waals surface area contributed by atoms with E-state index in [1.54, 1.807) is 0 Å². The lowest BCUT2D eigenvalue weighted by molar-refractivity contribution is -0.120. The minimum atomic E-state index is -1.43. The zero-order chi connectivity index (χ0) is 11.3. The van der Waals surface area contributed by atoms with E-state index in [1.165, 1.54) is 6.92 Å². The lowest BCUT2D eigenvalue weighted by atomic mass is 10.0. The second-order valence-electron chi connectivity index (χ2n) is 3.38. The topological polar surface area (TPSA) is 69.6 Å². The third-order valence-corrected chi connectivity index (χ3v) is 2.03. The van der Waals surface area contributed by atoms with Gasteiger partial charge in [0.2, 0.25) is 5.91 Å². The molecule has 0 aliphatic heterocycles. The van der Waals surface area contributed by atoms with Gasteiger partial charge < -0.3 is 15.5 Å². The Bertz CT molecular complexity index is 311. The molecular formula is C11H15NO3. The van der Waals surface area contributed by atoms with Gasteiger partial charge >= 0.3 is 0 Å². The highest BCUT2D eigenvalue weighted by atomic mass is 16.5. The van der Waals surface area contributed by atoms with Crippen LogP contribution in [0.2, 0.25) is 0 Å². The molecule has 4 nitrogen and oxygen atoms in total. The Morgan fingerprint density at radius 1 is 1.33 bits per heavy atom. The van der Waals surface area contributed by atoms with E-state index >= 15 is 0 Å². The Morgan fingerprint density at radius 3 is 2.40 bits per heavy atom. The monoisotopic (exact) mass is 209 g/mol. The van der Waals surface area contributed by atoms with E-state index in [-0.39, 0.29) is 18.4 Å². The largest absolute Gasteiger partial charge is 0.368 e. The van der Waals surface area contributed by atoms with Crippen LogP contribution in [0.3, 0.4) is 0 Å². The number of aliphatic hydroxyl groups excluding tert-OH is 1. The third kappa shape index (κ3) is 4.10. The van der Waals surface area contributed by atoms with Crippen molar-refractivity contribution in [2.45, 2.75) is 25.7 Å². The second-order valence-corrected chi connectivity index (χ2v) is 3.38. The van der Waals surface area contributed by atoms with Crippen LogP contribution in [0, 0.1) is 0 Å². The van der Waals surface area contributed by atoms with E-state index in [0.717, 1.165) is 5.56 Å². The van der Waals surface area contributed by atoms with Crippen LogP contribution in [0.5, 0.6) is 0 Å². The molecule has 0 fully saturated rings. The van der Waals surface area contributed by atoms with Crippen LogP contribution >= 0.6 is 0 Å². The Kier molecular flexibility index (Phi) is 4.27. The van der Waals surface area contributed by atoms with Crippen LogP contribution < -0.4 is 5.32 Å². The predicted octanol–water partition coefficient (Wildman–Crippen LogP) is 0.565. The summed E-state index contributed by atoms with van der Waals surface area (Å²) in [5.41, 5.74) is 0.862. The first kappa shape index (κ1) is 11.7. The number of rotatable bonds is 4. The molecule has 1 unspecified atom stereocenters. The summed E-state index contributed by atoms with van der Waals surface area (Å²) >= 11 is 0. The summed E-state index contributed by atoms with van der Waals surface area (Å²) in [6, 6.07) is 8.86. The summed E-state index contributed by atoms with van der Waals surface area (Å²) in [5.74, 6) is -0.190. The van der Waals surface area contributed by atoms with Gasteiger partial charge in [0.05, 0.1) is 6.04 Å². The van der Waals surface area contributed by atoms with Crippen LogP contribution in [0.25, 0.3) is 0 Å². The van der Waals surface area contributed by atoms with Crippen LogP contribution in [0.4, 0.5) is 0 Å². The van der Waals surface area contributed by atoms with Gasteiger partial charge in [0, 0.05) is 13.3 Å². The molecule has 1 rings (SSSR count). The Hall–Kier alpha value is -1.39. The van der Waals surface area contributed by atoms with Crippen molar-refractivity contribution < 1.29 is 15.0 Å². The highest BCUT2D eigenvalue weighted by Gasteiger charge is 2.15. The summed E-state index contributed by atoms with van der Waals surface area (Å²) in [7, 11) is 0. The molecule has 15 heavy (non-hydrogen) atoms. The van der Waals surface area contributed by atoms with Gasteiger partial charge in [0.1, 0.15) is 0 Å². The first-order chi connectivity index (χ1) is 7.09. The maximum absolute atomic E-state index is 10.9. The van der Waals surface area contributed by atoms with Gasteiger partial charge in [-0.1, -0.05) is 30.3 Å². The number of hydrogen-bond donors (Lipinski definition) is 3. The van der Waals surface area contributed by atoms with E-state index in [4.69, 9.17) is 10.2 Å². The summed E-state index contributed by atoms with van der Waals surface area (Å²) in [6.07, 6.45) is -1.34. The summed E-state index contributed by atoms with van der Waals surface area (Å²) in [5, 5.41) is 20.5. The fourth-order valence-corrected chi connectivity index (χ4v) is 1.42. The molecule has 3 N–H and O–H groups in total. The summed E-state index contributed by atoms with van der Waals surface area (Å²) in [4.78, 5) is 10.9. The Balaban J connectivity index is 2.76. The van der Waals surface area contributed by atoms with Crippen molar-refractivity contribution in [1.29, 1.82) is 0 Å². The lowest BCUT2D eigenvalue weighted by Crippen LogP contribution is -2.29. The van der Waals surface area contributed by atoms with Crippen molar-refractivity contribution >= 4 is 5.91 Å². The molecule has 0 spiro atoms. The smallest absolute Gasteiger partial charge is 0.217 e. The van der Waals surface area contributed by atoms with Crippen LogP contribution in [-0.2, 0) is 4.79 Å². The maximum Gasteiger partial charge on any atom is 0.217 e. The summed E-state index contributed by atoms with van der Waals surface area (Å²) < 4.78 is 0. The van der Waals surface area contributed by atoms with Crippen molar-refractivity contribution in [2.24, 2.45) is 0 Å². The predicted molar refractivity (Wildman–Crippen MR) is 55.8 cm³/mol. The number of amides is 1. The Labute approximate surface area is 88.6 Å². The minimum absolute atomic E-state index is 0.0869. The van der Waals surface area contributed by atoms with E-state index in [0.29, 0.717) is 0 Å². The molecule has 0 radical (unpaired) electrons. The molecule has 0 saturated heterocycles. The van der Waals surface area contributed by atoms with Gasteiger partial charge in [0.25, 0.3) is 0 Å². The van der Waals surface area contributed by atoms with Crippen LogP contribution in [-0.4, -0.2) is 22.4 Å². The molecule has 1 amide bonds. The number of aliphatic hydroxyl groups is 2. The molecule has 0 saturated carbocycles. The van der Waals surface area contributed by atoms with Gasteiger partial charge in [-0.05, 0) is 5.56 Å². The molecule has 1 aromatic carbocycles. The zero-order valence-corrected chi connectivity index (χ0v) is 8.55. The molecule has 0 aliphatic carbocycles. The van der Waals surface area contributed by atoms with E-state index < -0.39 is 6.29 Å². The molecule has 0 aliphatic rings. The fourth-order valence-electron chi connectivity index (χ4n) is 1.42. The van der Waals surface area contributed by atoms with Crippen LogP contribution in [0.15, 0.2) is 30.3 Å². The van der Waals surface area contributed by atoms with Gasteiger partial charge in [-0.2, -0.15) is 0 Å². The molecule has 0 bridgehead atoms. The number of carbonyl (C=O) groups excluding carboxylic acids is 1. The average molecular weight is 209 g/mol. The minimum Gasteiger partial charge on any atom is -0.368 e. The number of benzene rings is 1. The molecule has 4 heteroatoms. The van der Waals surface area contributed by atoms with Crippen molar-refractivity contribution in [3.05, 3.63) is 35.9 Å². The number of carbonyl (C=O) groups is 1. The quantitative estimate of drug-likeness (QED) is 0.635. The zero-order valence-electron chi connectivity index (χ0n) is 8.55. The third-order valence-electron chi connectivity index (χ3n) is 2.03. The number of hydrogen-bond acceptors (Lipinski definition) is 3. The molecule has 82 valence electrons.